The number of nitrogens with one attached hydrogen (secondary N) is 3. The van der Waals surface area contributed by atoms with E-state index in [0.29, 0.717) is 0 Å². The molecular formula is C10H14IN5. The van der Waals surface area contributed by atoms with Crippen molar-refractivity contribution in [3.05, 3.63) is 35.4 Å². The Hall–Kier alpha value is -0.860. The van der Waals surface area contributed by atoms with E-state index >= 15 is 0 Å². The molecule has 0 spiro atoms. The van der Waals surface area contributed by atoms with Crippen molar-refractivity contribution < 1.29 is 0 Å². The third kappa shape index (κ3) is 2.83. The highest BCUT2D eigenvalue weighted by molar-refractivity contribution is 14.1. The summed E-state index contributed by atoms with van der Waals surface area (Å²) in [5.41, 5.74) is 10.8. The summed E-state index contributed by atoms with van der Waals surface area (Å²) in [6, 6.07) is 8.29. The lowest BCUT2D eigenvalue weighted by molar-refractivity contribution is 0.577. The zero-order valence-corrected chi connectivity index (χ0v) is 11.2. The second-order valence-electron chi connectivity index (χ2n) is 3.56. The van der Waals surface area contributed by atoms with Crippen molar-refractivity contribution in [2.45, 2.75) is 6.42 Å². The second kappa shape index (κ2) is 5.46. The lowest BCUT2D eigenvalue weighted by Crippen LogP contribution is -2.35. The molecule has 0 saturated heterocycles. The van der Waals surface area contributed by atoms with Gasteiger partial charge in [-0.25, -0.2) is 5.53 Å². The topological polar surface area (TPSA) is 51.7 Å². The van der Waals surface area contributed by atoms with Gasteiger partial charge >= 0.3 is 0 Å². The van der Waals surface area contributed by atoms with Crippen LogP contribution in [-0.4, -0.2) is 22.5 Å². The van der Waals surface area contributed by atoms with Crippen LogP contribution in [-0.2, 0) is 6.42 Å². The summed E-state index contributed by atoms with van der Waals surface area (Å²) < 4.78 is 2.15. The number of hydrogen-bond donors (Lipinski definition) is 3. The first kappa shape index (κ1) is 11.6. The first-order valence-corrected chi connectivity index (χ1v) is 6.03. The maximum Gasteiger partial charge on any atom is 0.170 e. The van der Waals surface area contributed by atoms with Crippen LogP contribution in [0.5, 0.6) is 0 Å². The fourth-order valence-corrected chi connectivity index (χ4v) is 1.81. The molecule has 16 heavy (non-hydrogen) atoms. The maximum absolute atomic E-state index is 4.12. The van der Waals surface area contributed by atoms with Gasteiger partial charge in [0.1, 0.15) is 0 Å². The molecular weight excluding hydrogens is 317 g/mol. The van der Waals surface area contributed by atoms with Crippen molar-refractivity contribution >= 4 is 28.7 Å². The number of hydrogen-bond acceptors (Lipinski definition) is 5. The van der Waals surface area contributed by atoms with Gasteiger partial charge < -0.3 is 0 Å². The summed E-state index contributed by atoms with van der Waals surface area (Å²) in [6.07, 6.45) is 1.01. The van der Waals surface area contributed by atoms with Crippen LogP contribution in [0.25, 0.3) is 0 Å². The second-order valence-corrected chi connectivity index (χ2v) is 5.20. The fourth-order valence-electron chi connectivity index (χ4n) is 1.57. The lowest BCUT2D eigenvalue weighted by atomic mass is 10.0. The lowest BCUT2D eigenvalue weighted by Gasteiger charge is -2.11. The quantitative estimate of drug-likeness (QED) is 0.564. The first-order valence-electron chi connectivity index (χ1n) is 5.06. The Morgan fingerprint density at radius 2 is 2.19 bits per heavy atom. The number of rotatable bonds is 4. The minimum Gasteiger partial charge on any atom is -0.285 e. The molecule has 6 heteroatoms. The molecule has 0 aliphatic carbocycles. The van der Waals surface area contributed by atoms with Gasteiger partial charge in [0.05, 0.1) is 0 Å². The van der Waals surface area contributed by atoms with E-state index in [1.807, 2.05) is 6.07 Å². The standard InChI is InChI=1S/C10H14IN5/c1-16(11)7-6-8-4-2-3-5-9(8)10-12-14-15-13-10/h2-5,14-15H,6-7H2,1H3,(H,12,13). The molecule has 0 atom stereocenters. The molecule has 1 aromatic carbocycles. The van der Waals surface area contributed by atoms with Gasteiger partial charge in [-0.3, -0.25) is 8.54 Å². The molecule has 0 fully saturated rings. The summed E-state index contributed by atoms with van der Waals surface area (Å²) >= 11 is 2.29. The highest BCUT2D eigenvalue weighted by atomic mass is 127. The van der Waals surface area contributed by atoms with E-state index in [2.05, 4.69) is 72.8 Å². The Morgan fingerprint density at radius 1 is 1.38 bits per heavy atom. The molecule has 5 nitrogen and oxygen atoms in total. The summed E-state index contributed by atoms with van der Waals surface area (Å²) in [5.74, 6) is 0.840. The smallest absolute Gasteiger partial charge is 0.170 e. The van der Waals surface area contributed by atoms with Crippen molar-refractivity contribution in [1.82, 2.24) is 19.6 Å². The van der Waals surface area contributed by atoms with E-state index in [1.165, 1.54) is 5.56 Å². The van der Waals surface area contributed by atoms with E-state index in [1.54, 1.807) is 0 Å². The Balaban J connectivity index is 2.17. The molecule has 0 saturated carbocycles. The van der Waals surface area contributed by atoms with Gasteiger partial charge in [0.15, 0.2) is 5.84 Å². The van der Waals surface area contributed by atoms with Crippen LogP contribution in [0.1, 0.15) is 11.1 Å². The Morgan fingerprint density at radius 3 is 2.88 bits per heavy atom. The van der Waals surface area contributed by atoms with Gasteiger partial charge in [-0.05, 0) is 19.0 Å². The third-order valence-electron chi connectivity index (χ3n) is 2.37. The molecule has 0 amide bonds. The van der Waals surface area contributed by atoms with Crippen molar-refractivity contribution in [3.63, 3.8) is 0 Å². The van der Waals surface area contributed by atoms with Gasteiger partial charge in [0.25, 0.3) is 0 Å². The number of amidine groups is 1. The van der Waals surface area contributed by atoms with E-state index in [9.17, 15) is 0 Å². The number of halogens is 1. The average Bonchev–Trinajstić information content (AvgIpc) is 2.80. The highest BCUT2D eigenvalue weighted by Crippen LogP contribution is 2.11. The van der Waals surface area contributed by atoms with Gasteiger partial charge in [0, 0.05) is 35.0 Å². The molecule has 1 aromatic rings. The van der Waals surface area contributed by atoms with Crippen LogP contribution in [0.15, 0.2) is 29.4 Å². The molecule has 2 rings (SSSR count). The Bertz CT molecular complexity index is 391. The molecule has 1 aliphatic rings. The molecule has 0 bridgehead atoms. The molecule has 0 aromatic heterocycles. The van der Waals surface area contributed by atoms with E-state index < -0.39 is 0 Å². The molecule has 1 heterocycles. The predicted octanol–water partition coefficient (Wildman–Crippen LogP) is 0.785. The Kier molecular flexibility index (Phi) is 3.97. The first-order chi connectivity index (χ1) is 7.77. The number of likely N-dealkylation sites (N-methyl/N-ethyl adjacent to an activating group) is 1. The van der Waals surface area contributed by atoms with Crippen molar-refractivity contribution in [3.8, 4) is 0 Å². The maximum atomic E-state index is 4.12. The van der Waals surface area contributed by atoms with Gasteiger partial charge in [0.2, 0.25) is 0 Å². The van der Waals surface area contributed by atoms with Gasteiger partial charge in [-0.1, -0.05) is 24.3 Å². The van der Waals surface area contributed by atoms with Crippen LogP contribution in [0, 0.1) is 0 Å². The normalized spacial score (nSPS) is 14.6. The van der Waals surface area contributed by atoms with E-state index in [4.69, 9.17) is 0 Å². The Labute approximate surface area is 109 Å². The molecule has 86 valence electrons. The SMILES string of the molecule is CN(I)CCc1ccccc1C1=NNNN1. The molecule has 0 radical (unpaired) electrons. The molecule has 1 aliphatic heterocycles. The number of hydrazine groups is 2. The number of benzene rings is 1. The minimum atomic E-state index is 0.840. The zero-order valence-electron chi connectivity index (χ0n) is 9.00. The molecule has 3 N–H and O–H groups in total. The monoisotopic (exact) mass is 331 g/mol. The summed E-state index contributed by atoms with van der Waals surface area (Å²) in [7, 11) is 2.07. The van der Waals surface area contributed by atoms with Crippen LogP contribution in [0.2, 0.25) is 0 Å². The van der Waals surface area contributed by atoms with Crippen molar-refractivity contribution in [2.75, 3.05) is 13.6 Å². The van der Waals surface area contributed by atoms with Crippen molar-refractivity contribution in [1.29, 1.82) is 0 Å². The summed E-state index contributed by atoms with van der Waals surface area (Å²) in [5, 5.41) is 4.12. The fraction of sp³-hybridized carbons (Fsp3) is 0.300. The van der Waals surface area contributed by atoms with Crippen LogP contribution in [0.4, 0.5) is 0 Å². The van der Waals surface area contributed by atoms with E-state index in [0.717, 1.165) is 24.4 Å². The van der Waals surface area contributed by atoms with Crippen LogP contribution >= 0.6 is 22.9 Å². The number of hydrazone groups is 1. The van der Waals surface area contributed by atoms with Crippen LogP contribution in [0.3, 0.4) is 0 Å². The zero-order chi connectivity index (χ0) is 11.4. The summed E-state index contributed by atoms with van der Waals surface area (Å²) in [4.78, 5) is 0. The molecule has 0 unspecified atom stereocenters. The van der Waals surface area contributed by atoms with Gasteiger partial charge in [-0.15, -0.1) is 10.6 Å². The number of nitrogens with zero attached hydrogens (tertiary/aromatic N) is 2. The van der Waals surface area contributed by atoms with Crippen molar-refractivity contribution in [2.24, 2.45) is 5.10 Å². The average molecular weight is 331 g/mol. The van der Waals surface area contributed by atoms with E-state index in [-0.39, 0.29) is 0 Å². The summed E-state index contributed by atoms with van der Waals surface area (Å²) in [6.45, 7) is 1.02. The minimum absolute atomic E-state index is 0.840. The third-order valence-corrected chi connectivity index (χ3v) is 2.85. The predicted molar refractivity (Wildman–Crippen MR) is 72.7 cm³/mol. The largest absolute Gasteiger partial charge is 0.285 e. The van der Waals surface area contributed by atoms with Crippen LogP contribution < -0.4 is 16.5 Å². The van der Waals surface area contributed by atoms with Gasteiger partial charge in [-0.2, -0.15) is 0 Å². The highest BCUT2D eigenvalue weighted by Gasteiger charge is 2.11.